The molecule has 1 atom stereocenters. The van der Waals surface area contributed by atoms with Crippen LogP contribution in [0.4, 0.5) is 0 Å². The number of Topliss-reactive ketones (excluding diaryl/α,β-unsaturated/α-hetero) is 1. The van der Waals surface area contributed by atoms with Crippen LogP contribution in [0.3, 0.4) is 0 Å². The Bertz CT molecular complexity index is 598. The largest absolute Gasteiger partial charge is 0.319 e. The molecule has 0 aliphatic heterocycles. The SMILES string of the molecule is CCCC(C)(N)C(=O)Cc1nn(C)c2ccccc12. The van der Waals surface area contributed by atoms with Gasteiger partial charge in [0.15, 0.2) is 5.78 Å². The van der Waals surface area contributed by atoms with Crippen LogP contribution in [-0.2, 0) is 18.3 Å². The van der Waals surface area contributed by atoms with Crippen molar-refractivity contribution >= 4 is 16.7 Å². The van der Waals surface area contributed by atoms with E-state index in [4.69, 9.17) is 5.73 Å². The van der Waals surface area contributed by atoms with E-state index in [9.17, 15) is 4.79 Å². The Balaban J connectivity index is 2.29. The fourth-order valence-electron chi connectivity index (χ4n) is 2.43. The maximum atomic E-state index is 12.3. The molecule has 0 spiro atoms. The van der Waals surface area contributed by atoms with Gasteiger partial charge >= 0.3 is 0 Å². The molecule has 4 heteroatoms. The fourth-order valence-corrected chi connectivity index (χ4v) is 2.43. The summed E-state index contributed by atoms with van der Waals surface area (Å²) >= 11 is 0. The number of para-hydroxylation sites is 1. The Morgan fingerprint density at radius 2 is 2.11 bits per heavy atom. The summed E-state index contributed by atoms with van der Waals surface area (Å²) in [7, 11) is 1.89. The minimum atomic E-state index is -0.757. The minimum Gasteiger partial charge on any atom is -0.319 e. The van der Waals surface area contributed by atoms with E-state index < -0.39 is 5.54 Å². The molecule has 19 heavy (non-hydrogen) atoms. The van der Waals surface area contributed by atoms with E-state index in [0.717, 1.165) is 23.0 Å². The zero-order chi connectivity index (χ0) is 14.0. The van der Waals surface area contributed by atoms with Crippen LogP contribution >= 0.6 is 0 Å². The fraction of sp³-hybridized carbons (Fsp3) is 0.467. The molecule has 0 saturated carbocycles. The standard InChI is InChI=1S/C15H21N3O/c1-4-9-15(2,16)14(19)10-12-11-7-5-6-8-13(11)18(3)17-12/h5-8H,4,9-10,16H2,1-3H3. The lowest BCUT2D eigenvalue weighted by Crippen LogP contribution is -2.45. The third kappa shape index (κ3) is 2.68. The molecule has 0 aliphatic rings. The molecule has 0 aliphatic carbocycles. The first-order chi connectivity index (χ1) is 8.95. The third-order valence-corrected chi connectivity index (χ3v) is 3.57. The highest BCUT2D eigenvalue weighted by molar-refractivity contribution is 5.93. The number of ketones is 1. The van der Waals surface area contributed by atoms with Crippen molar-refractivity contribution in [2.45, 2.75) is 38.6 Å². The highest BCUT2D eigenvalue weighted by Crippen LogP contribution is 2.20. The van der Waals surface area contributed by atoms with Gasteiger partial charge in [0.1, 0.15) is 0 Å². The van der Waals surface area contributed by atoms with Crippen LogP contribution in [0, 0.1) is 0 Å². The molecule has 1 heterocycles. The Hall–Kier alpha value is -1.68. The molecule has 1 unspecified atom stereocenters. The Labute approximate surface area is 113 Å². The number of aryl methyl sites for hydroxylation is 1. The lowest BCUT2D eigenvalue weighted by atomic mass is 9.89. The smallest absolute Gasteiger partial charge is 0.158 e. The summed E-state index contributed by atoms with van der Waals surface area (Å²) in [6, 6.07) is 7.94. The molecular formula is C15H21N3O. The number of aromatic nitrogens is 2. The van der Waals surface area contributed by atoms with Gasteiger partial charge in [0, 0.05) is 12.4 Å². The first-order valence-corrected chi connectivity index (χ1v) is 6.68. The summed E-state index contributed by atoms with van der Waals surface area (Å²) < 4.78 is 1.81. The van der Waals surface area contributed by atoms with Crippen LogP contribution in [0.5, 0.6) is 0 Å². The Morgan fingerprint density at radius 1 is 1.42 bits per heavy atom. The van der Waals surface area contributed by atoms with Crippen molar-refractivity contribution in [3.63, 3.8) is 0 Å². The van der Waals surface area contributed by atoms with Crippen molar-refractivity contribution in [3.8, 4) is 0 Å². The van der Waals surface area contributed by atoms with E-state index in [1.807, 2.05) is 49.8 Å². The predicted molar refractivity (Wildman–Crippen MR) is 76.9 cm³/mol. The predicted octanol–water partition coefficient (Wildman–Crippen LogP) is 2.20. The molecule has 2 aromatic rings. The second-order valence-electron chi connectivity index (χ2n) is 5.35. The highest BCUT2D eigenvalue weighted by Gasteiger charge is 2.28. The number of rotatable bonds is 5. The molecular weight excluding hydrogens is 238 g/mol. The van der Waals surface area contributed by atoms with E-state index in [1.165, 1.54) is 0 Å². The topological polar surface area (TPSA) is 60.9 Å². The van der Waals surface area contributed by atoms with Crippen molar-refractivity contribution in [1.29, 1.82) is 0 Å². The quantitative estimate of drug-likeness (QED) is 0.895. The number of fused-ring (bicyclic) bond motifs is 1. The molecule has 102 valence electrons. The van der Waals surface area contributed by atoms with Crippen LogP contribution in [0.2, 0.25) is 0 Å². The molecule has 4 nitrogen and oxygen atoms in total. The number of hydrogen-bond donors (Lipinski definition) is 1. The number of carbonyl (C=O) groups excluding carboxylic acids is 1. The summed E-state index contributed by atoms with van der Waals surface area (Å²) in [4.78, 5) is 12.3. The van der Waals surface area contributed by atoms with Crippen LogP contribution in [0.1, 0.15) is 32.4 Å². The molecule has 2 rings (SSSR count). The number of benzene rings is 1. The van der Waals surface area contributed by atoms with Crippen molar-refractivity contribution in [2.75, 3.05) is 0 Å². The monoisotopic (exact) mass is 259 g/mol. The normalized spacial score (nSPS) is 14.5. The van der Waals surface area contributed by atoms with Crippen LogP contribution in [0.15, 0.2) is 24.3 Å². The molecule has 1 aromatic carbocycles. The Kier molecular flexibility index (Phi) is 3.71. The summed E-state index contributed by atoms with van der Waals surface area (Å²) in [6.07, 6.45) is 1.91. The summed E-state index contributed by atoms with van der Waals surface area (Å²) in [6.45, 7) is 3.85. The van der Waals surface area contributed by atoms with E-state index in [1.54, 1.807) is 0 Å². The molecule has 1 aromatic heterocycles. The maximum Gasteiger partial charge on any atom is 0.158 e. The molecule has 0 saturated heterocycles. The van der Waals surface area contributed by atoms with Gasteiger partial charge in [0.2, 0.25) is 0 Å². The van der Waals surface area contributed by atoms with Gasteiger partial charge in [-0.15, -0.1) is 0 Å². The zero-order valence-corrected chi connectivity index (χ0v) is 11.8. The average molecular weight is 259 g/mol. The molecule has 0 bridgehead atoms. The second-order valence-corrected chi connectivity index (χ2v) is 5.35. The number of hydrogen-bond acceptors (Lipinski definition) is 3. The number of carbonyl (C=O) groups is 1. The van der Waals surface area contributed by atoms with Crippen LogP contribution in [-0.4, -0.2) is 21.1 Å². The second kappa shape index (κ2) is 5.13. The van der Waals surface area contributed by atoms with Gasteiger partial charge in [-0.2, -0.15) is 5.10 Å². The van der Waals surface area contributed by atoms with E-state index in [2.05, 4.69) is 5.10 Å². The lowest BCUT2D eigenvalue weighted by Gasteiger charge is -2.21. The van der Waals surface area contributed by atoms with Gasteiger partial charge in [-0.25, -0.2) is 0 Å². The van der Waals surface area contributed by atoms with E-state index in [-0.39, 0.29) is 5.78 Å². The zero-order valence-electron chi connectivity index (χ0n) is 11.8. The summed E-state index contributed by atoms with van der Waals surface area (Å²) in [5.74, 6) is 0.0539. The van der Waals surface area contributed by atoms with Crippen molar-refractivity contribution in [2.24, 2.45) is 12.8 Å². The first-order valence-electron chi connectivity index (χ1n) is 6.68. The van der Waals surface area contributed by atoms with E-state index >= 15 is 0 Å². The minimum absolute atomic E-state index is 0.0539. The molecule has 0 amide bonds. The third-order valence-electron chi connectivity index (χ3n) is 3.57. The maximum absolute atomic E-state index is 12.3. The van der Waals surface area contributed by atoms with Crippen molar-refractivity contribution < 1.29 is 4.79 Å². The van der Waals surface area contributed by atoms with Crippen molar-refractivity contribution in [3.05, 3.63) is 30.0 Å². The summed E-state index contributed by atoms with van der Waals surface area (Å²) in [5, 5.41) is 5.48. The van der Waals surface area contributed by atoms with Gasteiger partial charge in [-0.1, -0.05) is 31.5 Å². The lowest BCUT2D eigenvalue weighted by molar-refractivity contribution is -0.123. The number of nitrogens with zero attached hydrogens (tertiary/aromatic N) is 2. The van der Waals surface area contributed by atoms with Crippen LogP contribution < -0.4 is 5.73 Å². The van der Waals surface area contributed by atoms with E-state index in [0.29, 0.717) is 12.8 Å². The molecule has 0 fully saturated rings. The van der Waals surface area contributed by atoms with Gasteiger partial charge < -0.3 is 5.73 Å². The molecule has 0 radical (unpaired) electrons. The average Bonchev–Trinajstić information content (AvgIpc) is 2.67. The highest BCUT2D eigenvalue weighted by atomic mass is 16.1. The van der Waals surface area contributed by atoms with Crippen LogP contribution in [0.25, 0.3) is 10.9 Å². The van der Waals surface area contributed by atoms with Crippen molar-refractivity contribution in [1.82, 2.24) is 9.78 Å². The summed E-state index contributed by atoms with van der Waals surface area (Å²) in [5.41, 5.74) is 7.19. The van der Waals surface area contributed by atoms with Gasteiger partial charge in [0.05, 0.1) is 23.2 Å². The van der Waals surface area contributed by atoms with Gasteiger partial charge in [-0.3, -0.25) is 9.48 Å². The van der Waals surface area contributed by atoms with Gasteiger partial charge in [-0.05, 0) is 19.4 Å². The molecule has 2 N–H and O–H groups in total. The number of nitrogens with two attached hydrogens (primary N) is 1. The van der Waals surface area contributed by atoms with Gasteiger partial charge in [0.25, 0.3) is 0 Å². The first kappa shape index (κ1) is 13.7. The Morgan fingerprint density at radius 3 is 2.79 bits per heavy atom.